The summed E-state index contributed by atoms with van der Waals surface area (Å²) in [4.78, 5) is 57.2. The monoisotopic (exact) mass is 835 g/mol. The number of likely N-dealkylation sites (N-methyl/N-ethyl adjacent to an activating group) is 1. The number of hydrogen-bond acceptors (Lipinski definition) is 8. The van der Waals surface area contributed by atoms with Crippen LogP contribution in [0.4, 0.5) is 4.39 Å². The normalized spacial score (nSPS) is 34.2. The Morgan fingerprint density at radius 2 is 1.57 bits per heavy atom. The van der Waals surface area contributed by atoms with E-state index in [1.54, 1.807) is 13.8 Å². The van der Waals surface area contributed by atoms with Gasteiger partial charge in [-0.25, -0.2) is 4.39 Å². The van der Waals surface area contributed by atoms with Crippen LogP contribution < -0.4 is 0 Å². The summed E-state index contributed by atoms with van der Waals surface area (Å²) in [6.07, 6.45) is 6.85. The number of rotatable bonds is 14. The Kier molecular flexibility index (Phi) is 12.8. The third kappa shape index (κ3) is 8.03. The van der Waals surface area contributed by atoms with Crippen molar-refractivity contribution in [3.8, 4) is 0 Å². The fourth-order valence-electron chi connectivity index (χ4n) is 14.1. The number of carboxylic acids is 1. The molecule has 6 rings (SSSR count). The molecule has 0 aromatic heterocycles. The second kappa shape index (κ2) is 16.5. The molecule has 1 unspecified atom stereocenters. The largest absolute Gasteiger partial charge is 0.481 e. The Bertz CT molecular complexity index is 1850. The summed E-state index contributed by atoms with van der Waals surface area (Å²) in [5, 5.41) is 9.67. The molecule has 10 heteroatoms. The van der Waals surface area contributed by atoms with Gasteiger partial charge < -0.3 is 19.5 Å². The molecule has 9 atom stereocenters. The van der Waals surface area contributed by atoms with E-state index in [0.29, 0.717) is 31.3 Å². The number of ketones is 1. The number of carbonyl (C=O) groups is 4. The first kappa shape index (κ1) is 46.4. The summed E-state index contributed by atoms with van der Waals surface area (Å²) in [6.45, 7) is 23.6. The maximum absolute atomic E-state index is 14.6. The highest BCUT2D eigenvalue weighted by molar-refractivity contribution is 6.01. The fourth-order valence-corrected chi connectivity index (χ4v) is 14.1. The van der Waals surface area contributed by atoms with Crippen LogP contribution in [0.3, 0.4) is 0 Å². The summed E-state index contributed by atoms with van der Waals surface area (Å²) in [5.41, 5.74) is 1.03. The van der Waals surface area contributed by atoms with Gasteiger partial charge in [-0.05, 0) is 148 Å². The van der Waals surface area contributed by atoms with Gasteiger partial charge >= 0.3 is 17.9 Å². The number of halogens is 1. The molecule has 0 saturated heterocycles. The number of carboxylic acid groups (broad SMARTS) is 1. The minimum atomic E-state index is -1.19. The standard InChI is InChI=1S/C50H75FN2O7/c1-31(2)42-36(55)27-50(40(59-32(3)54)30-53(26-25-52(11)12)29-33-13-15-34(51)16-14-33)24-23-48(9)35(43(42)50)17-18-38-47(8)21-20-39(60-41(56)28-45(4,5)44(57)58)46(6,7)37(47)19-22-49(38,48)10/h13-16,31,35,37-40H,17-30H2,1-12H3,(H,57,58)/t35-,37?,38-,39+,40+,47+,48-,49-,50+/m1/s1. The molecule has 60 heavy (non-hydrogen) atoms. The van der Waals surface area contributed by atoms with E-state index in [1.807, 2.05) is 26.2 Å². The van der Waals surface area contributed by atoms with E-state index in [4.69, 9.17) is 9.47 Å². The van der Waals surface area contributed by atoms with Gasteiger partial charge in [-0.15, -0.1) is 0 Å². The van der Waals surface area contributed by atoms with Crippen LogP contribution in [0.5, 0.6) is 0 Å². The Labute approximate surface area is 359 Å². The second-order valence-electron chi connectivity index (χ2n) is 22.3. The summed E-state index contributed by atoms with van der Waals surface area (Å²) in [7, 11) is 4.09. The Hall–Kier alpha value is -3.11. The van der Waals surface area contributed by atoms with E-state index in [-0.39, 0.29) is 63.6 Å². The average Bonchev–Trinajstić information content (AvgIpc) is 3.45. The molecule has 4 fully saturated rings. The van der Waals surface area contributed by atoms with Gasteiger partial charge in [0, 0.05) is 50.4 Å². The first-order chi connectivity index (χ1) is 27.8. The van der Waals surface area contributed by atoms with Crippen molar-refractivity contribution in [1.29, 1.82) is 0 Å². The minimum absolute atomic E-state index is 0.0105. The first-order valence-corrected chi connectivity index (χ1v) is 22.8. The minimum Gasteiger partial charge on any atom is -0.481 e. The molecule has 4 saturated carbocycles. The lowest BCUT2D eigenvalue weighted by atomic mass is 9.33. The molecule has 334 valence electrons. The first-order valence-electron chi connectivity index (χ1n) is 22.8. The van der Waals surface area contributed by atoms with Crippen molar-refractivity contribution in [3.05, 3.63) is 46.8 Å². The molecule has 5 aliphatic rings. The van der Waals surface area contributed by atoms with Gasteiger partial charge in [0.25, 0.3) is 0 Å². The van der Waals surface area contributed by atoms with Crippen molar-refractivity contribution in [2.24, 2.45) is 56.2 Å². The molecule has 5 aliphatic carbocycles. The molecule has 0 aliphatic heterocycles. The molecule has 0 amide bonds. The Balaban J connectivity index is 1.33. The molecular weight excluding hydrogens is 760 g/mol. The maximum Gasteiger partial charge on any atom is 0.309 e. The van der Waals surface area contributed by atoms with Crippen molar-refractivity contribution in [2.45, 2.75) is 152 Å². The smallest absolute Gasteiger partial charge is 0.309 e. The molecule has 0 radical (unpaired) electrons. The number of hydrogen-bond donors (Lipinski definition) is 1. The average molecular weight is 835 g/mol. The highest BCUT2D eigenvalue weighted by atomic mass is 19.1. The highest BCUT2D eigenvalue weighted by Crippen LogP contribution is 2.77. The summed E-state index contributed by atoms with van der Waals surface area (Å²) < 4.78 is 26.7. The molecule has 1 aromatic rings. The number of aliphatic carboxylic acids is 1. The van der Waals surface area contributed by atoms with Gasteiger partial charge in [-0.3, -0.25) is 24.1 Å². The lowest BCUT2D eigenvalue weighted by Crippen LogP contribution is -2.66. The highest BCUT2D eigenvalue weighted by Gasteiger charge is 2.71. The van der Waals surface area contributed by atoms with Crippen LogP contribution >= 0.6 is 0 Å². The number of esters is 2. The van der Waals surface area contributed by atoms with Crippen LogP contribution in [0, 0.1) is 62.0 Å². The van der Waals surface area contributed by atoms with Crippen molar-refractivity contribution in [1.82, 2.24) is 9.80 Å². The van der Waals surface area contributed by atoms with Crippen LogP contribution in [0.15, 0.2) is 35.4 Å². The number of Topliss-reactive ketones (excluding diaryl/α,β-unsaturated/α-hetero) is 1. The van der Waals surface area contributed by atoms with Crippen molar-refractivity contribution >= 4 is 23.7 Å². The van der Waals surface area contributed by atoms with Gasteiger partial charge in [-0.2, -0.15) is 0 Å². The van der Waals surface area contributed by atoms with Crippen LogP contribution in [0.1, 0.15) is 139 Å². The molecule has 1 aromatic carbocycles. The van der Waals surface area contributed by atoms with Crippen molar-refractivity contribution in [3.63, 3.8) is 0 Å². The van der Waals surface area contributed by atoms with Crippen LogP contribution in [-0.2, 0) is 35.2 Å². The van der Waals surface area contributed by atoms with Gasteiger partial charge in [0.15, 0.2) is 5.78 Å². The molecule has 0 spiro atoms. The van der Waals surface area contributed by atoms with Gasteiger partial charge in [0.05, 0.1) is 11.8 Å². The fraction of sp³-hybridized carbons (Fsp3) is 0.760. The zero-order chi connectivity index (χ0) is 44.4. The van der Waals surface area contributed by atoms with E-state index in [9.17, 15) is 28.7 Å². The maximum atomic E-state index is 14.6. The van der Waals surface area contributed by atoms with Gasteiger partial charge in [-0.1, -0.05) is 60.6 Å². The van der Waals surface area contributed by atoms with Crippen molar-refractivity contribution < 1.29 is 38.1 Å². The van der Waals surface area contributed by atoms with Crippen LogP contribution in [0.25, 0.3) is 0 Å². The third-order valence-corrected chi connectivity index (χ3v) is 17.4. The topological polar surface area (TPSA) is 113 Å². The third-order valence-electron chi connectivity index (χ3n) is 17.4. The predicted octanol–water partition coefficient (Wildman–Crippen LogP) is 9.51. The van der Waals surface area contributed by atoms with Gasteiger partial charge in [0.2, 0.25) is 0 Å². The number of carbonyl (C=O) groups excluding carboxylic acids is 3. The number of allylic oxidation sites excluding steroid dienone is 1. The quantitative estimate of drug-likeness (QED) is 0.183. The van der Waals surface area contributed by atoms with E-state index in [2.05, 4.69) is 58.3 Å². The summed E-state index contributed by atoms with van der Waals surface area (Å²) in [6, 6.07) is 6.63. The SMILES string of the molecule is CC(=O)O[C@@H](CN(CCN(C)C)Cc1ccc(F)cc1)[C@@]12CC[C@]3(C)[C@H](CC[C@@H]4[C@@]5(C)CC[C@H](OC(=O)CC(C)(C)C(=O)O)C(C)(C)C5CC[C@]43C)C1=C(C(C)C)C(=O)C2. The molecule has 1 N–H and O–H groups in total. The van der Waals surface area contributed by atoms with E-state index in [0.717, 1.165) is 75.6 Å². The van der Waals surface area contributed by atoms with Crippen molar-refractivity contribution in [2.75, 3.05) is 33.7 Å². The summed E-state index contributed by atoms with van der Waals surface area (Å²) in [5.74, 6) is -0.888. The predicted molar refractivity (Wildman–Crippen MR) is 231 cm³/mol. The number of fused-ring (bicyclic) bond motifs is 7. The second-order valence-corrected chi connectivity index (χ2v) is 22.3. The Morgan fingerprint density at radius 3 is 2.17 bits per heavy atom. The van der Waals surface area contributed by atoms with Crippen LogP contribution in [0.2, 0.25) is 0 Å². The zero-order valence-corrected chi connectivity index (χ0v) is 38.8. The summed E-state index contributed by atoms with van der Waals surface area (Å²) >= 11 is 0. The molecule has 0 bridgehead atoms. The molecular formula is C50H75FN2O7. The number of benzene rings is 1. The lowest BCUT2D eigenvalue weighted by molar-refractivity contribution is -0.235. The lowest BCUT2D eigenvalue weighted by Gasteiger charge is -2.72. The van der Waals surface area contributed by atoms with Gasteiger partial charge in [0.1, 0.15) is 18.0 Å². The Morgan fingerprint density at radius 1 is 0.900 bits per heavy atom. The van der Waals surface area contributed by atoms with E-state index >= 15 is 0 Å². The van der Waals surface area contributed by atoms with E-state index < -0.39 is 28.9 Å². The van der Waals surface area contributed by atoms with Crippen LogP contribution in [-0.4, -0.2) is 84.5 Å². The molecule has 0 heterocycles. The van der Waals surface area contributed by atoms with E-state index in [1.165, 1.54) is 24.6 Å². The number of nitrogens with zero attached hydrogens (tertiary/aromatic N) is 2. The molecule has 9 nitrogen and oxygen atoms in total. The zero-order valence-electron chi connectivity index (χ0n) is 38.8. The number of ether oxygens (including phenoxy) is 2.